The summed E-state index contributed by atoms with van der Waals surface area (Å²) in [5.41, 5.74) is 2.10. The van der Waals surface area contributed by atoms with Gasteiger partial charge in [-0.2, -0.15) is 0 Å². The van der Waals surface area contributed by atoms with Crippen LogP contribution in [0.5, 0.6) is 0 Å². The Morgan fingerprint density at radius 3 is 2.56 bits per heavy atom. The molecule has 2 heterocycles. The molecular weight excluding hydrogens is 404 g/mol. The SMILES string of the molecule is CC(NC(=O)O)c1nc2cccc(CCCN3CCCCC3)c2c(=O)n1-c1ccccc1. The van der Waals surface area contributed by atoms with Gasteiger partial charge in [-0.1, -0.05) is 36.8 Å². The molecule has 2 aromatic carbocycles. The Labute approximate surface area is 187 Å². The number of benzene rings is 2. The van der Waals surface area contributed by atoms with E-state index in [1.807, 2.05) is 48.5 Å². The monoisotopic (exact) mass is 434 g/mol. The average molecular weight is 435 g/mol. The van der Waals surface area contributed by atoms with Crippen molar-refractivity contribution in [2.75, 3.05) is 19.6 Å². The Bertz CT molecular complexity index is 1140. The lowest BCUT2D eigenvalue weighted by Crippen LogP contribution is -2.33. The zero-order valence-electron chi connectivity index (χ0n) is 18.5. The van der Waals surface area contributed by atoms with Gasteiger partial charge in [-0.25, -0.2) is 9.78 Å². The molecule has 7 heteroatoms. The fourth-order valence-corrected chi connectivity index (χ4v) is 4.57. The molecule has 1 unspecified atom stereocenters. The molecule has 1 atom stereocenters. The van der Waals surface area contributed by atoms with Crippen molar-refractivity contribution in [3.05, 3.63) is 70.3 Å². The van der Waals surface area contributed by atoms with Crippen molar-refractivity contribution in [2.24, 2.45) is 0 Å². The van der Waals surface area contributed by atoms with Gasteiger partial charge < -0.3 is 15.3 Å². The van der Waals surface area contributed by atoms with Gasteiger partial charge in [0.1, 0.15) is 5.82 Å². The van der Waals surface area contributed by atoms with E-state index in [1.165, 1.54) is 23.8 Å². The minimum absolute atomic E-state index is 0.163. The highest BCUT2D eigenvalue weighted by Crippen LogP contribution is 2.21. The predicted octanol–water partition coefficient (Wildman–Crippen LogP) is 4.13. The molecular formula is C25H30N4O3. The standard InChI is InChI=1S/C25H30N4O3/c1-18(26-25(31)32)23-27-21-14-8-10-19(11-9-17-28-15-6-3-7-16-28)22(21)24(30)29(23)20-12-4-2-5-13-20/h2,4-5,8,10,12-14,18,26H,3,6-7,9,11,15-17H2,1H3,(H,31,32). The van der Waals surface area contributed by atoms with Crippen LogP contribution in [0.1, 0.15) is 50.0 Å². The second-order valence-corrected chi connectivity index (χ2v) is 8.43. The molecule has 1 aromatic heterocycles. The minimum Gasteiger partial charge on any atom is -0.465 e. The number of nitrogens with zero attached hydrogens (tertiary/aromatic N) is 3. The van der Waals surface area contributed by atoms with E-state index in [4.69, 9.17) is 4.98 Å². The van der Waals surface area contributed by atoms with Crippen LogP contribution in [0.2, 0.25) is 0 Å². The normalized spacial score (nSPS) is 15.5. The van der Waals surface area contributed by atoms with Gasteiger partial charge >= 0.3 is 6.09 Å². The molecule has 1 aliphatic heterocycles. The molecule has 32 heavy (non-hydrogen) atoms. The van der Waals surface area contributed by atoms with Gasteiger partial charge in [-0.3, -0.25) is 9.36 Å². The summed E-state index contributed by atoms with van der Waals surface area (Å²) in [6.07, 6.45) is 4.50. The number of para-hydroxylation sites is 1. The van der Waals surface area contributed by atoms with Crippen LogP contribution in [0.25, 0.3) is 16.6 Å². The second-order valence-electron chi connectivity index (χ2n) is 8.43. The van der Waals surface area contributed by atoms with Crippen molar-refractivity contribution in [3.63, 3.8) is 0 Å². The van der Waals surface area contributed by atoms with Crippen molar-refractivity contribution in [3.8, 4) is 5.69 Å². The summed E-state index contributed by atoms with van der Waals surface area (Å²) in [6.45, 7) is 5.06. The van der Waals surface area contributed by atoms with Crippen LogP contribution in [0.15, 0.2) is 53.3 Å². The molecule has 1 saturated heterocycles. The Kier molecular flexibility index (Phi) is 6.85. The summed E-state index contributed by atoms with van der Waals surface area (Å²) in [5.74, 6) is 0.376. The highest BCUT2D eigenvalue weighted by molar-refractivity contribution is 5.82. The van der Waals surface area contributed by atoms with E-state index in [-0.39, 0.29) is 5.56 Å². The van der Waals surface area contributed by atoms with Gasteiger partial charge in [0.2, 0.25) is 0 Å². The Morgan fingerprint density at radius 1 is 1.09 bits per heavy atom. The van der Waals surface area contributed by atoms with E-state index in [1.54, 1.807) is 6.92 Å². The lowest BCUT2D eigenvalue weighted by molar-refractivity contribution is 0.190. The minimum atomic E-state index is -1.15. The number of aryl methyl sites for hydroxylation is 1. The number of piperidine rings is 1. The van der Waals surface area contributed by atoms with E-state index in [2.05, 4.69) is 10.2 Å². The summed E-state index contributed by atoms with van der Waals surface area (Å²) in [6, 6.07) is 14.4. The predicted molar refractivity (Wildman–Crippen MR) is 126 cm³/mol. The van der Waals surface area contributed by atoms with Crippen molar-refractivity contribution >= 4 is 17.0 Å². The number of amides is 1. The van der Waals surface area contributed by atoms with Gasteiger partial charge in [0, 0.05) is 0 Å². The molecule has 1 aliphatic rings. The number of fused-ring (bicyclic) bond motifs is 1. The van der Waals surface area contributed by atoms with E-state index in [9.17, 15) is 14.7 Å². The third kappa shape index (κ3) is 4.83. The van der Waals surface area contributed by atoms with Gasteiger partial charge in [0.05, 0.1) is 22.6 Å². The first-order valence-corrected chi connectivity index (χ1v) is 11.4. The average Bonchev–Trinajstić information content (AvgIpc) is 2.79. The molecule has 1 fully saturated rings. The Hall–Kier alpha value is -3.19. The van der Waals surface area contributed by atoms with Gasteiger partial charge in [-0.05, 0) is 76.0 Å². The molecule has 4 rings (SSSR count). The zero-order valence-corrected chi connectivity index (χ0v) is 18.5. The topological polar surface area (TPSA) is 87.5 Å². The number of hydrogen-bond acceptors (Lipinski definition) is 4. The number of hydrogen-bond donors (Lipinski definition) is 2. The van der Waals surface area contributed by atoms with Crippen LogP contribution in [-0.2, 0) is 6.42 Å². The molecule has 0 saturated carbocycles. The maximum Gasteiger partial charge on any atom is 0.405 e. The zero-order chi connectivity index (χ0) is 22.5. The van der Waals surface area contributed by atoms with Crippen LogP contribution < -0.4 is 10.9 Å². The number of nitrogens with one attached hydrogen (secondary N) is 1. The summed E-state index contributed by atoms with van der Waals surface area (Å²) < 4.78 is 1.54. The maximum absolute atomic E-state index is 13.8. The van der Waals surface area contributed by atoms with Crippen LogP contribution in [0.3, 0.4) is 0 Å². The van der Waals surface area contributed by atoms with E-state index >= 15 is 0 Å². The first kappa shape index (κ1) is 22.0. The van der Waals surface area contributed by atoms with Crippen molar-refractivity contribution in [2.45, 2.75) is 45.1 Å². The molecule has 0 aliphatic carbocycles. The lowest BCUT2D eigenvalue weighted by atomic mass is 10.0. The van der Waals surface area contributed by atoms with Crippen molar-refractivity contribution in [1.29, 1.82) is 0 Å². The van der Waals surface area contributed by atoms with Gasteiger partial charge in [0.15, 0.2) is 0 Å². The fraction of sp³-hybridized carbons (Fsp3) is 0.400. The highest BCUT2D eigenvalue weighted by Gasteiger charge is 2.20. The van der Waals surface area contributed by atoms with Crippen molar-refractivity contribution < 1.29 is 9.90 Å². The van der Waals surface area contributed by atoms with Gasteiger partial charge in [-0.15, -0.1) is 0 Å². The molecule has 1 amide bonds. The molecule has 3 aromatic rings. The number of aromatic nitrogens is 2. The summed E-state index contributed by atoms with van der Waals surface area (Å²) in [4.78, 5) is 32.3. The third-order valence-corrected chi connectivity index (χ3v) is 6.12. The summed E-state index contributed by atoms with van der Waals surface area (Å²) in [7, 11) is 0. The van der Waals surface area contributed by atoms with Crippen LogP contribution in [0.4, 0.5) is 4.79 Å². The smallest absolute Gasteiger partial charge is 0.405 e. The summed E-state index contributed by atoms with van der Waals surface area (Å²) in [5, 5.41) is 12.3. The second kappa shape index (κ2) is 9.96. The quantitative estimate of drug-likeness (QED) is 0.584. The van der Waals surface area contributed by atoms with E-state index < -0.39 is 12.1 Å². The van der Waals surface area contributed by atoms with Gasteiger partial charge in [0.25, 0.3) is 5.56 Å². The first-order chi connectivity index (χ1) is 15.5. The molecule has 2 N–H and O–H groups in total. The maximum atomic E-state index is 13.8. The van der Waals surface area contributed by atoms with E-state index in [0.717, 1.165) is 38.0 Å². The molecule has 168 valence electrons. The number of likely N-dealkylation sites (tertiary alicyclic amines) is 1. The molecule has 0 bridgehead atoms. The molecule has 0 radical (unpaired) electrons. The largest absolute Gasteiger partial charge is 0.465 e. The number of carbonyl (C=O) groups is 1. The number of carboxylic acid groups (broad SMARTS) is 1. The fourth-order valence-electron chi connectivity index (χ4n) is 4.57. The highest BCUT2D eigenvalue weighted by atomic mass is 16.4. The Morgan fingerprint density at radius 2 is 1.84 bits per heavy atom. The van der Waals surface area contributed by atoms with Crippen LogP contribution in [0, 0.1) is 0 Å². The van der Waals surface area contributed by atoms with Crippen LogP contribution in [-0.4, -0.2) is 45.3 Å². The molecule has 0 spiro atoms. The lowest BCUT2D eigenvalue weighted by Gasteiger charge is -2.26. The van der Waals surface area contributed by atoms with Crippen LogP contribution >= 0.6 is 0 Å². The Balaban J connectivity index is 1.74. The molecule has 7 nitrogen and oxygen atoms in total. The van der Waals surface area contributed by atoms with Crippen molar-refractivity contribution in [1.82, 2.24) is 19.8 Å². The third-order valence-electron chi connectivity index (χ3n) is 6.12. The first-order valence-electron chi connectivity index (χ1n) is 11.4. The van der Waals surface area contributed by atoms with E-state index in [0.29, 0.717) is 22.4 Å². The summed E-state index contributed by atoms with van der Waals surface area (Å²) >= 11 is 0. The number of rotatable bonds is 7.